The molecule has 1 fully saturated rings. The minimum absolute atomic E-state index is 0.131. The molecule has 0 bridgehead atoms. The maximum atomic E-state index is 12.7. The summed E-state index contributed by atoms with van der Waals surface area (Å²) in [6, 6.07) is 9.59. The second kappa shape index (κ2) is 10.7. The summed E-state index contributed by atoms with van der Waals surface area (Å²) in [5.74, 6) is -0.402. The summed E-state index contributed by atoms with van der Waals surface area (Å²) in [5, 5.41) is 2.88. The average Bonchev–Trinajstić information content (AvgIpc) is 2.84. The van der Waals surface area contributed by atoms with E-state index in [1.807, 2.05) is 0 Å². The Morgan fingerprint density at radius 3 is 2.21 bits per heavy atom. The Morgan fingerprint density at radius 1 is 1.03 bits per heavy atom. The van der Waals surface area contributed by atoms with Crippen molar-refractivity contribution >= 4 is 26.0 Å². The zero-order chi connectivity index (χ0) is 24.1. The standard InChI is InChI=1S/C22H30N4O5S2/c1-3-25(4-2)32(28,29)20-9-7-18(8-10-20)16-24-22(27)19-11-14-26(15-12-19)33(30,31)21-6-5-13-23-17-21/h5-10,13,17,19H,3-4,11-12,14-16H2,1-2H3,(H,24,27). The van der Waals surface area contributed by atoms with Gasteiger partial charge in [-0.3, -0.25) is 9.78 Å². The highest BCUT2D eigenvalue weighted by atomic mass is 32.2. The van der Waals surface area contributed by atoms with Gasteiger partial charge in [0, 0.05) is 51.0 Å². The van der Waals surface area contributed by atoms with Gasteiger partial charge in [0.25, 0.3) is 0 Å². The summed E-state index contributed by atoms with van der Waals surface area (Å²) in [7, 11) is -7.12. The molecule has 9 nitrogen and oxygen atoms in total. The van der Waals surface area contributed by atoms with Crippen molar-refractivity contribution in [2.45, 2.75) is 43.0 Å². The van der Waals surface area contributed by atoms with Crippen molar-refractivity contribution in [1.82, 2.24) is 18.9 Å². The lowest BCUT2D eigenvalue weighted by atomic mass is 9.97. The van der Waals surface area contributed by atoms with Gasteiger partial charge in [0.15, 0.2) is 0 Å². The lowest BCUT2D eigenvalue weighted by Crippen LogP contribution is -2.42. The predicted octanol–water partition coefficient (Wildman–Crippen LogP) is 1.83. The molecule has 1 N–H and O–H groups in total. The van der Waals surface area contributed by atoms with Crippen molar-refractivity contribution in [3.8, 4) is 0 Å². The molecule has 2 heterocycles. The molecule has 1 aliphatic rings. The Morgan fingerprint density at radius 2 is 1.67 bits per heavy atom. The number of nitrogens with one attached hydrogen (secondary N) is 1. The van der Waals surface area contributed by atoms with Crippen LogP contribution in [0.1, 0.15) is 32.3 Å². The molecule has 1 aliphatic heterocycles. The van der Waals surface area contributed by atoms with E-state index in [1.165, 1.54) is 27.1 Å². The van der Waals surface area contributed by atoms with Crippen LogP contribution in [0.3, 0.4) is 0 Å². The maximum absolute atomic E-state index is 12.7. The third-order valence-corrected chi connectivity index (χ3v) is 9.78. The molecule has 0 atom stereocenters. The Balaban J connectivity index is 1.53. The fourth-order valence-corrected chi connectivity index (χ4v) is 6.72. The monoisotopic (exact) mass is 494 g/mol. The molecule has 0 saturated carbocycles. The predicted molar refractivity (Wildman–Crippen MR) is 124 cm³/mol. The van der Waals surface area contributed by atoms with Crippen LogP contribution < -0.4 is 5.32 Å². The molecule has 0 unspecified atom stereocenters. The summed E-state index contributed by atoms with van der Waals surface area (Å²) in [6.07, 6.45) is 3.72. The molecule has 33 heavy (non-hydrogen) atoms. The molecule has 2 aromatic rings. The van der Waals surface area contributed by atoms with Crippen LogP contribution >= 0.6 is 0 Å². The fourth-order valence-electron chi connectivity index (χ4n) is 3.83. The van der Waals surface area contributed by atoms with Gasteiger partial charge in [0.05, 0.1) is 4.90 Å². The SMILES string of the molecule is CCN(CC)S(=O)(=O)c1ccc(CNC(=O)C2CCN(S(=O)(=O)c3cccnc3)CC2)cc1. The molecule has 1 aromatic heterocycles. The molecule has 1 saturated heterocycles. The van der Waals surface area contributed by atoms with Gasteiger partial charge in [0.1, 0.15) is 4.90 Å². The van der Waals surface area contributed by atoms with E-state index in [2.05, 4.69) is 10.3 Å². The van der Waals surface area contributed by atoms with Crippen LogP contribution in [0.25, 0.3) is 0 Å². The maximum Gasteiger partial charge on any atom is 0.244 e. The van der Waals surface area contributed by atoms with Gasteiger partial charge in [-0.1, -0.05) is 26.0 Å². The third kappa shape index (κ3) is 5.78. The number of amides is 1. The van der Waals surface area contributed by atoms with Crippen molar-refractivity contribution < 1.29 is 21.6 Å². The Labute approximate surface area is 195 Å². The number of nitrogens with zero attached hydrogens (tertiary/aromatic N) is 3. The summed E-state index contributed by atoms with van der Waals surface area (Å²) in [4.78, 5) is 16.8. The van der Waals surface area contributed by atoms with Crippen LogP contribution in [0.4, 0.5) is 0 Å². The summed E-state index contributed by atoms with van der Waals surface area (Å²) in [5.41, 5.74) is 0.790. The first-order valence-corrected chi connectivity index (χ1v) is 13.8. The normalized spacial score (nSPS) is 16.1. The largest absolute Gasteiger partial charge is 0.352 e. The molecule has 11 heteroatoms. The number of sulfonamides is 2. The number of piperidine rings is 1. The van der Waals surface area contributed by atoms with Crippen molar-refractivity contribution in [2.75, 3.05) is 26.2 Å². The van der Waals surface area contributed by atoms with Gasteiger partial charge >= 0.3 is 0 Å². The van der Waals surface area contributed by atoms with Crippen LogP contribution in [-0.2, 0) is 31.4 Å². The first kappa shape index (κ1) is 25.3. The van der Waals surface area contributed by atoms with Crippen molar-refractivity contribution in [2.24, 2.45) is 5.92 Å². The molecular formula is C22H30N4O5S2. The summed E-state index contributed by atoms with van der Waals surface area (Å²) in [6.45, 7) is 5.21. The highest BCUT2D eigenvalue weighted by Crippen LogP contribution is 2.24. The van der Waals surface area contributed by atoms with Gasteiger partial charge in [-0.2, -0.15) is 8.61 Å². The highest BCUT2D eigenvalue weighted by molar-refractivity contribution is 7.89. The molecule has 0 spiro atoms. The number of pyridine rings is 1. The second-order valence-electron chi connectivity index (χ2n) is 7.82. The van der Waals surface area contributed by atoms with Crippen LogP contribution in [0.15, 0.2) is 58.6 Å². The smallest absolute Gasteiger partial charge is 0.244 e. The van der Waals surface area contributed by atoms with Gasteiger partial charge in [0.2, 0.25) is 26.0 Å². The number of benzene rings is 1. The fraction of sp³-hybridized carbons (Fsp3) is 0.455. The van der Waals surface area contributed by atoms with E-state index in [0.717, 1.165) is 5.56 Å². The minimum Gasteiger partial charge on any atom is -0.352 e. The lowest BCUT2D eigenvalue weighted by molar-refractivity contribution is -0.126. The number of rotatable bonds is 9. The van der Waals surface area contributed by atoms with E-state index in [1.54, 1.807) is 44.2 Å². The second-order valence-corrected chi connectivity index (χ2v) is 11.7. The molecule has 1 amide bonds. The van der Waals surface area contributed by atoms with Gasteiger partial charge in [-0.15, -0.1) is 0 Å². The van der Waals surface area contributed by atoms with Gasteiger partial charge < -0.3 is 5.32 Å². The molecular weight excluding hydrogens is 464 g/mol. The van der Waals surface area contributed by atoms with Crippen molar-refractivity contribution in [1.29, 1.82) is 0 Å². The van der Waals surface area contributed by atoms with Crippen LogP contribution in [0, 0.1) is 5.92 Å². The van der Waals surface area contributed by atoms with Crippen molar-refractivity contribution in [3.05, 3.63) is 54.4 Å². The third-order valence-electron chi connectivity index (χ3n) is 5.83. The van der Waals surface area contributed by atoms with E-state index in [-0.39, 0.29) is 41.3 Å². The van der Waals surface area contributed by atoms with Gasteiger partial charge in [-0.25, -0.2) is 16.8 Å². The molecule has 1 aromatic carbocycles. The Kier molecular flexibility index (Phi) is 8.22. The Bertz CT molecular complexity index is 1140. The number of hydrogen-bond donors (Lipinski definition) is 1. The summed E-state index contributed by atoms with van der Waals surface area (Å²) >= 11 is 0. The average molecular weight is 495 g/mol. The van der Waals surface area contributed by atoms with Crippen LogP contribution in [-0.4, -0.2) is 62.5 Å². The van der Waals surface area contributed by atoms with E-state index < -0.39 is 20.0 Å². The first-order chi connectivity index (χ1) is 15.7. The van der Waals surface area contributed by atoms with Gasteiger partial charge in [-0.05, 0) is 42.7 Å². The lowest BCUT2D eigenvalue weighted by Gasteiger charge is -2.30. The van der Waals surface area contributed by atoms with Crippen LogP contribution in [0.5, 0.6) is 0 Å². The first-order valence-electron chi connectivity index (χ1n) is 11.0. The number of hydrogen-bond acceptors (Lipinski definition) is 6. The van der Waals surface area contributed by atoms with E-state index in [0.29, 0.717) is 25.9 Å². The molecule has 0 aliphatic carbocycles. The van der Waals surface area contributed by atoms with E-state index in [4.69, 9.17) is 0 Å². The number of aromatic nitrogens is 1. The van der Waals surface area contributed by atoms with E-state index >= 15 is 0 Å². The summed E-state index contributed by atoms with van der Waals surface area (Å²) < 4.78 is 53.3. The minimum atomic E-state index is -3.61. The zero-order valence-electron chi connectivity index (χ0n) is 18.8. The number of carbonyl (C=O) groups is 1. The Hall–Kier alpha value is -2.34. The quantitative estimate of drug-likeness (QED) is 0.568. The van der Waals surface area contributed by atoms with Crippen LogP contribution in [0.2, 0.25) is 0 Å². The molecule has 0 radical (unpaired) electrons. The van der Waals surface area contributed by atoms with E-state index in [9.17, 15) is 21.6 Å². The number of carbonyl (C=O) groups excluding carboxylic acids is 1. The molecule has 180 valence electrons. The highest BCUT2D eigenvalue weighted by Gasteiger charge is 2.32. The van der Waals surface area contributed by atoms with Crippen molar-refractivity contribution in [3.63, 3.8) is 0 Å². The topological polar surface area (TPSA) is 117 Å². The molecule has 3 rings (SSSR count). The zero-order valence-corrected chi connectivity index (χ0v) is 20.5.